The van der Waals surface area contributed by atoms with Gasteiger partial charge >= 0.3 is 0 Å². The van der Waals surface area contributed by atoms with Gasteiger partial charge in [0, 0.05) is 12.1 Å². The van der Waals surface area contributed by atoms with E-state index in [9.17, 15) is 8.78 Å². The minimum Gasteiger partial charge on any atom is -0.283 e. The van der Waals surface area contributed by atoms with E-state index in [0.717, 1.165) is 12.8 Å². The minimum atomic E-state index is -2.50. The van der Waals surface area contributed by atoms with E-state index < -0.39 is 6.43 Å². The van der Waals surface area contributed by atoms with E-state index >= 15 is 0 Å². The van der Waals surface area contributed by atoms with Gasteiger partial charge in [-0.2, -0.15) is 0 Å². The van der Waals surface area contributed by atoms with Gasteiger partial charge < -0.3 is 0 Å². The lowest BCUT2D eigenvalue weighted by Gasteiger charge is -2.05. The summed E-state index contributed by atoms with van der Waals surface area (Å²) in [7, 11) is 0. The molecule has 1 aromatic carbocycles. The highest BCUT2D eigenvalue weighted by Gasteiger charge is 2.14. The molecule has 3 heteroatoms. The standard InChI is InChI=1S/C15H21F2N/c1-2-3-4-5-9-12-18-14(15(16)17)13-10-7-6-8-11-13/h6-8,10-11,15H,2-5,9,12H2,1H3. The van der Waals surface area contributed by atoms with Crippen molar-refractivity contribution in [2.75, 3.05) is 6.54 Å². The van der Waals surface area contributed by atoms with Crippen LogP contribution in [0.1, 0.15) is 44.6 Å². The van der Waals surface area contributed by atoms with Crippen molar-refractivity contribution >= 4 is 5.71 Å². The van der Waals surface area contributed by atoms with Gasteiger partial charge in [0.1, 0.15) is 5.71 Å². The Morgan fingerprint density at radius 2 is 1.72 bits per heavy atom. The molecule has 0 heterocycles. The van der Waals surface area contributed by atoms with Gasteiger partial charge in [-0.15, -0.1) is 0 Å². The minimum absolute atomic E-state index is 0.0777. The van der Waals surface area contributed by atoms with E-state index in [1.165, 1.54) is 19.3 Å². The molecule has 1 nitrogen and oxygen atoms in total. The van der Waals surface area contributed by atoms with Crippen LogP contribution in [0.3, 0.4) is 0 Å². The zero-order valence-electron chi connectivity index (χ0n) is 10.9. The van der Waals surface area contributed by atoms with Crippen LogP contribution >= 0.6 is 0 Å². The molecule has 0 amide bonds. The summed E-state index contributed by atoms with van der Waals surface area (Å²) in [5.74, 6) is 0. The third-order valence-electron chi connectivity index (χ3n) is 2.82. The van der Waals surface area contributed by atoms with Crippen LogP contribution in [0.25, 0.3) is 0 Å². The van der Waals surface area contributed by atoms with Gasteiger partial charge in [0.15, 0.2) is 0 Å². The number of nitrogens with zero attached hydrogens (tertiary/aromatic N) is 1. The number of unbranched alkanes of at least 4 members (excludes halogenated alkanes) is 4. The molecule has 1 aromatic rings. The Bertz CT molecular complexity index is 347. The first-order valence-corrected chi connectivity index (χ1v) is 6.63. The summed E-state index contributed by atoms with van der Waals surface area (Å²) in [5, 5.41) is 0. The summed E-state index contributed by atoms with van der Waals surface area (Å²) in [6.07, 6.45) is 3.04. The molecule has 0 saturated carbocycles. The van der Waals surface area contributed by atoms with Crippen molar-refractivity contribution in [3.8, 4) is 0 Å². The SMILES string of the molecule is CCCCCCCN=C(c1ccccc1)C(F)F. The van der Waals surface area contributed by atoms with Gasteiger partial charge in [0.05, 0.1) is 0 Å². The zero-order valence-corrected chi connectivity index (χ0v) is 10.9. The lowest BCUT2D eigenvalue weighted by molar-refractivity contribution is 0.226. The van der Waals surface area contributed by atoms with E-state index in [1.807, 2.05) is 6.07 Å². The van der Waals surface area contributed by atoms with Gasteiger partial charge in [-0.25, -0.2) is 8.78 Å². The molecule has 1 rings (SSSR count). The molecule has 0 bridgehead atoms. The monoisotopic (exact) mass is 253 g/mol. The normalized spacial score (nSPS) is 12.1. The van der Waals surface area contributed by atoms with Crippen LogP contribution in [-0.2, 0) is 0 Å². The topological polar surface area (TPSA) is 12.4 Å². The summed E-state index contributed by atoms with van der Waals surface area (Å²) < 4.78 is 25.8. The largest absolute Gasteiger partial charge is 0.283 e. The van der Waals surface area contributed by atoms with Gasteiger partial charge in [0.25, 0.3) is 6.43 Å². The number of benzene rings is 1. The van der Waals surface area contributed by atoms with Crippen LogP contribution < -0.4 is 0 Å². The van der Waals surface area contributed by atoms with E-state index in [-0.39, 0.29) is 5.71 Å². The predicted molar refractivity (Wildman–Crippen MR) is 72.6 cm³/mol. The van der Waals surface area contributed by atoms with Crippen molar-refractivity contribution in [3.05, 3.63) is 35.9 Å². The Morgan fingerprint density at radius 1 is 1.06 bits per heavy atom. The Morgan fingerprint density at radius 3 is 2.33 bits per heavy atom. The second-order valence-corrected chi connectivity index (χ2v) is 4.35. The maximum Gasteiger partial charge on any atom is 0.280 e. The van der Waals surface area contributed by atoms with Crippen molar-refractivity contribution < 1.29 is 8.78 Å². The van der Waals surface area contributed by atoms with Crippen LogP contribution in [0.5, 0.6) is 0 Å². The van der Waals surface area contributed by atoms with Crippen LogP contribution in [0.2, 0.25) is 0 Å². The Hall–Kier alpha value is -1.25. The molecule has 0 spiro atoms. The molecule has 0 fully saturated rings. The fourth-order valence-corrected chi connectivity index (χ4v) is 1.81. The summed E-state index contributed by atoms with van der Waals surface area (Å²) in [4.78, 5) is 4.06. The maximum absolute atomic E-state index is 12.9. The Kier molecular flexibility index (Phi) is 7.23. The average Bonchev–Trinajstić information content (AvgIpc) is 2.38. The molecule has 0 aromatic heterocycles. The molecule has 18 heavy (non-hydrogen) atoms. The number of alkyl halides is 2. The lowest BCUT2D eigenvalue weighted by atomic mass is 10.1. The third kappa shape index (κ3) is 5.39. The molecule has 0 atom stereocenters. The number of rotatable bonds is 8. The van der Waals surface area contributed by atoms with Gasteiger partial charge in [-0.1, -0.05) is 62.9 Å². The van der Waals surface area contributed by atoms with Gasteiger partial charge in [0.2, 0.25) is 0 Å². The fourth-order valence-electron chi connectivity index (χ4n) is 1.81. The van der Waals surface area contributed by atoms with Crippen molar-refractivity contribution in [2.45, 2.75) is 45.5 Å². The maximum atomic E-state index is 12.9. The van der Waals surface area contributed by atoms with Crippen LogP contribution in [-0.4, -0.2) is 18.7 Å². The molecular weight excluding hydrogens is 232 g/mol. The summed E-state index contributed by atoms with van der Waals surface area (Å²) >= 11 is 0. The fraction of sp³-hybridized carbons (Fsp3) is 0.533. The first kappa shape index (κ1) is 14.8. The third-order valence-corrected chi connectivity index (χ3v) is 2.82. The first-order valence-electron chi connectivity index (χ1n) is 6.63. The highest BCUT2D eigenvalue weighted by molar-refractivity contribution is 6.02. The van der Waals surface area contributed by atoms with E-state index in [2.05, 4.69) is 11.9 Å². The van der Waals surface area contributed by atoms with Crippen molar-refractivity contribution in [1.82, 2.24) is 0 Å². The second-order valence-electron chi connectivity index (χ2n) is 4.35. The molecule has 0 N–H and O–H groups in total. The Labute approximate surface area is 108 Å². The first-order chi connectivity index (χ1) is 8.75. The highest BCUT2D eigenvalue weighted by Crippen LogP contribution is 2.10. The molecule has 0 aliphatic carbocycles. The number of aliphatic imine (C=N–C) groups is 1. The zero-order chi connectivity index (χ0) is 13.2. The molecule has 100 valence electrons. The number of hydrogen-bond acceptors (Lipinski definition) is 1. The second kappa shape index (κ2) is 8.78. The van der Waals surface area contributed by atoms with E-state index in [4.69, 9.17) is 0 Å². The van der Waals surface area contributed by atoms with Gasteiger partial charge in [-0.05, 0) is 6.42 Å². The van der Waals surface area contributed by atoms with Crippen LogP contribution in [0.4, 0.5) is 8.78 Å². The van der Waals surface area contributed by atoms with E-state index in [0.29, 0.717) is 12.1 Å². The molecule has 0 radical (unpaired) electrons. The predicted octanol–water partition coefficient (Wildman–Crippen LogP) is 4.71. The van der Waals surface area contributed by atoms with E-state index in [1.54, 1.807) is 24.3 Å². The highest BCUT2D eigenvalue weighted by atomic mass is 19.3. The van der Waals surface area contributed by atoms with Crippen LogP contribution in [0.15, 0.2) is 35.3 Å². The molecule has 0 aliphatic heterocycles. The quantitative estimate of drug-likeness (QED) is 0.470. The smallest absolute Gasteiger partial charge is 0.280 e. The average molecular weight is 253 g/mol. The van der Waals surface area contributed by atoms with Crippen molar-refractivity contribution in [3.63, 3.8) is 0 Å². The number of halogens is 2. The van der Waals surface area contributed by atoms with Crippen LogP contribution in [0, 0.1) is 0 Å². The summed E-state index contributed by atoms with van der Waals surface area (Å²) in [5.41, 5.74) is 0.451. The summed E-state index contributed by atoms with van der Waals surface area (Å²) in [6.45, 7) is 2.65. The number of hydrogen-bond donors (Lipinski definition) is 0. The summed E-state index contributed by atoms with van der Waals surface area (Å²) in [6, 6.07) is 8.70. The van der Waals surface area contributed by atoms with Crippen molar-refractivity contribution in [1.29, 1.82) is 0 Å². The molecular formula is C15H21F2N. The van der Waals surface area contributed by atoms with Gasteiger partial charge in [-0.3, -0.25) is 4.99 Å². The lowest BCUT2D eigenvalue weighted by Crippen LogP contribution is -2.12. The van der Waals surface area contributed by atoms with Crippen molar-refractivity contribution in [2.24, 2.45) is 4.99 Å². The Balaban J connectivity index is 2.47. The molecule has 0 saturated heterocycles. The molecule has 0 aliphatic rings. The molecule has 0 unspecified atom stereocenters.